The van der Waals surface area contributed by atoms with Crippen molar-refractivity contribution >= 4 is 30.6 Å². The number of carboxylic acids is 1. The fourth-order valence-corrected chi connectivity index (χ4v) is 3.81. The maximum atomic E-state index is 14.4. The number of carbonyl (C=O) groups is 2. The van der Waals surface area contributed by atoms with E-state index in [0.717, 1.165) is 11.1 Å². The molecule has 0 bridgehead atoms. The first-order valence-electron chi connectivity index (χ1n) is 9.58. The van der Waals surface area contributed by atoms with E-state index in [1.54, 1.807) is 35.3 Å². The van der Waals surface area contributed by atoms with Crippen LogP contribution in [0, 0.1) is 5.82 Å². The number of carboxylic acid groups (broad SMARTS) is 1. The second-order valence-corrected chi connectivity index (χ2v) is 7.75. The Balaban J connectivity index is 1.83. The van der Waals surface area contributed by atoms with Crippen LogP contribution < -0.4 is 0 Å². The minimum Gasteiger partial charge on any atom is -0.481 e. The van der Waals surface area contributed by atoms with Gasteiger partial charge in [-0.1, -0.05) is 24.3 Å². The molecule has 1 aromatic carbocycles. The first-order valence-corrected chi connectivity index (χ1v) is 10.1. The molecule has 0 spiro atoms. The predicted molar refractivity (Wildman–Crippen MR) is 113 cm³/mol. The molecule has 7 nitrogen and oxygen atoms in total. The molecule has 2 atom stereocenters. The Kier molecular flexibility index (Phi) is 7.28. The third-order valence-corrected chi connectivity index (χ3v) is 5.64. The van der Waals surface area contributed by atoms with E-state index >= 15 is 0 Å². The molecule has 0 amide bonds. The number of benzene rings is 1. The van der Waals surface area contributed by atoms with Crippen LogP contribution in [0.5, 0.6) is 0 Å². The van der Waals surface area contributed by atoms with Crippen molar-refractivity contribution in [2.45, 2.75) is 30.7 Å². The third kappa shape index (κ3) is 5.28. The molecule has 1 fully saturated rings. The highest BCUT2D eigenvalue weighted by Crippen LogP contribution is 2.32. The van der Waals surface area contributed by atoms with Crippen molar-refractivity contribution in [3.63, 3.8) is 0 Å². The number of ether oxygens (including phenoxy) is 1. The second kappa shape index (κ2) is 9.90. The number of carbonyl (C=O) groups excluding carboxylic acids is 1. The summed E-state index contributed by atoms with van der Waals surface area (Å²) < 4.78 is 21.0. The van der Waals surface area contributed by atoms with Gasteiger partial charge < -0.3 is 9.84 Å². The van der Waals surface area contributed by atoms with E-state index in [0.29, 0.717) is 19.5 Å². The molecular formula is C21H24FN3O4S. The van der Waals surface area contributed by atoms with Crippen molar-refractivity contribution < 1.29 is 23.8 Å². The molecule has 2 aromatic rings. The number of rotatable bonds is 7. The Labute approximate surface area is 179 Å². The molecule has 9 heteroatoms. The number of piperidine rings is 1. The third-order valence-electron chi connectivity index (χ3n) is 5.05. The second-order valence-electron chi connectivity index (χ2n) is 7.12. The fourth-order valence-electron chi connectivity index (χ4n) is 3.54. The average molecular weight is 434 g/mol. The summed E-state index contributed by atoms with van der Waals surface area (Å²) in [4.78, 5) is 25.1. The van der Waals surface area contributed by atoms with Crippen molar-refractivity contribution in [3.05, 3.63) is 59.2 Å². The number of aryl methyl sites for hydroxylation is 1. The SMILES string of the molecule is COC(=O)C(c1ccccc1F)N1CCC(S)C(=Cc2cnn(CCC(=O)O)c2)C1. The van der Waals surface area contributed by atoms with E-state index in [1.165, 1.54) is 13.2 Å². The molecule has 2 unspecified atom stereocenters. The predicted octanol–water partition coefficient (Wildman–Crippen LogP) is 2.80. The van der Waals surface area contributed by atoms with Crippen LogP contribution in [0.25, 0.3) is 6.08 Å². The standard InChI is InChI=1S/C21H24FN3O4S/c1-29-21(28)20(16-4-2-3-5-17(16)22)24-8-6-18(30)15(13-24)10-14-11-23-25(12-14)9-7-19(26)27/h2-5,10-12,18,20,30H,6-9,13H2,1H3,(H,26,27). The van der Waals surface area contributed by atoms with Gasteiger partial charge in [0.05, 0.1) is 26.3 Å². The molecule has 160 valence electrons. The van der Waals surface area contributed by atoms with Crippen molar-refractivity contribution in [2.24, 2.45) is 0 Å². The van der Waals surface area contributed by atoms with E-state index in [9.17, 15) is 14.0 Å². The molecule has 30 heavy (non-hydrogen) atoms. The van der Waals surface area contributed by atoms with Crippen molar-refractivity contribution in [2.75, 3.05) is 20.2 Å². The molecule has 1 aliphatic rings. The van der Waals surface area contributed by atoms with E-state index in [-0.39, 0.29) is 23.8 Å². The molecule has 0 aliphatic carbocycles. The maximum Gasteiger partial charge on any atom is 0.327 e. The van der Waals surface area contributed by atoms with Crippen LogP contribution in [0.1, 0.15) is 30.0 Å². The molecule has 0 saturated carbocycles. The number of esters is 1. The molecular weight excluding hydrogens is 409 g/mol. The van der Waals surface area contributed by atoms with E-state index in [2.05, 4.69) is 17.7 Å². The molecule has 1 saturated heterocycles. The summed E-state index contributed by atoms with van der Waals surface area (Å²) in [6.07, 6.45) is 6.03. The first kappa shape index (κ1) is 22.0. The minimum absolute atomic E-state index is 0.00981. The Bertz CT molecular complexity index is 946. The highest BCUT2D eigenvalue weighted by Gasteiger charge is 2.34. The average Bonchev–Trinajstić information content (AvgIpc) is 3.17. The highest BCUT2D eigenvalue weighted by atomic mass is 32.1. The van der Waals surface area contributed by atoms with Gasteiger partial charge in [0.25, 0.3) is 0 Å². The Hall–Kier alpha value is -2.65. The van der Waals surface area contributed by atoms with Gasteiger partial charge in [-0.3, -0.25) is 14.4 Å². The maximum absolute atomic E-state index is 14.4. The Morgan fingerprint density at radius 2 is 2.20 bits per heavy atom. The van der Waals surface area contributed by atoms with Crippen molar-refractivity contribution in [3.8, 4) is 0 Å². The van der Waals surface area contributed by atoms with E-state index in [4.69, 9.17) is 9.84 Å². The van der Waals surface area contributed by atoms with Crippen molar-refractivity contribution in [1.82, 2.24) is 14.7 Å². The van der Waals surface area contributed by atoms with Crippen molar-refractivity contribution in [1.29, 1.82) is 0 Å². The zero-order valence-electron chi connectivity index (χ0n) is 16.6. The lowest BCUT2D eigenvalue weighted by Crippen LogP contribution is -2.42. The van der Waals surface area contributed by atoms with Crippen LogP contribution in [0.2, 0.25) is 0 Å². The quantitative estimate of drug-likeness (QED) is 0.516. The van der Waals surface area contributed by atoms with Gasteiger partial charge in [0.2, 0.25) is 0 Å². The topological polar surface area (TPSA) is 84.7 Å². The number of hydrogen-bond acceptors (Lipinski definition) is 6. The zero-order chi connectivity index (χ0) is 21.7. The number of hydrogen-bond donors (Lipinski definition) is 2. The first-order chi connectivity index (χ1) is 14.4. The van der Waals surface area contributed by atoms with Crippen LogP contribution in [-0.2, 0) is 20.9 Å². The lowest BCUT2D eigenvalue weighted by molar-refractivity contribution is -0.147. The highest BCUT2D eigenvalue weighted by molar-refractivity contribution is 7.81. The summed E-state index contributed by atoms with van der Waals surface area (Å²) in [5.74, 6) is -1.85. The van der Waals surface area contributed by atoms with E-state index < -0.39 is 23.8 Å². The van der Waals surface area contributed by atoms with Gasteiger partial charge >= 0.3 is 11.9 Å². The number of thiol groups is 1. The summed E-state index contributed by atoms with van der Waals surface area (Å²) in [6, 6.07) is 5.36. The van der Waals surface area contributed by atoms with Crippen LogP contribution in [0.4, 0.5) is 4.39 Å². The van der Waals surface area contributed by atoms with Crippen LogP contribution >= 0.6 is 12.6 Å². The van der Waals surface area contributed by atoms with Gasteiger partial charge in [-0.25, -0.2) is 9.18 Å². The molecule has 3 rings (SSSR count). The van der Waals surface area contributed by atoms with Crippen LogP contribution in [-0.4, -0.2) is 57.2 Å². The zero-order valence-corrected chi connectivity index (χ0v) is 17.5. The number of nitrogens with zero attached hydrogens (tertiary/aromatic N) is 3. The van der Waals surface area contributed by atoms with Gasteiger partial charge in [0, 0.05) is 35.7 Å². The number of aliphatic carboxylic acids is 1. The number of aromatic nitrogens is 2. The van der Waals surface area contributed by atoms with Gasteiger partial charge in [-0.15, -0.1) is 0 Å². The fraction of sp³-hybridized carbons (Fsp3) is 0.381. The molecule has 0 radical (unpaired) electrons. The largest absolute Gasteiger partial charge is 0.481 e. The summed E-state index contributed by atoms with van der Waals surface area (Å²) in [6.45, 7) is 1.27. The molecule has 2 heterocycles. The Morgan fingerprint density at radius 3 is 2.90 bits per heavy atom. The van der Waals surface area contributed by atoms with Gasteiger partial charge in [-0.05, 0) is 18.1 Å². The Morgan fingerprint density at radius 1 is 1.43 bits per heavy atom. The van der Waals surface area contributed by atoms with Gasteiger partial charge in [0.15, 0.2) is 0 Å². The molecule has 1 N–H and O–H groups in total. The lowest BCUT2D eigenvalue weighted by Gasteiger charge is -2.36. The molecule has 1 aliphatic heterocycles. The minimum atomic E-state index is -0.884. The lowest BCUT2D eigenvalue weighted by atomic mass is 9.97. The summed E-state index contributed by atoms with van der Waals surface area (Å²) >= 11 is 4.66. The van der Waals surface area contributed by atoms with Crippen LogP contribution in [0.15, 0.2) is 42.2 Å². The number of methoxy groups -OCH3 is 1. The monoisotopic (exact) mass is 433 g/mol. The summed E-state index contributed by atoms with van der Waals surface area (Å²) in [5.41, 5.74) is 2.06. The van der Waals surface area contributed by atoms with Gasteiger partial charge in [0.1, 0.15) is 11.9 Å². The number of halogens is 1. The normalized spacial score (nSPS) is 19.6. The molecule has 1 aromatic heterocycles. The van der Waals surface area contributed by atoms with Gasteiger partial charge in [-0.2, -0.15) is 17.7 Å². The summed E-state index contributed by atoms with van der Waals surface area (Å²) in [7, 11) is 1.30. The smallest absolute Gasteiger partial charge is 0.327 e. The van der Waals surface area contributed by atoms with Crippen LogP contribution in [0.3, 0.4) is 0 Å². The van der Waals surface area contributed by atoms with E-state index in [1.807, 2.05) is 11.0 Å². The number of likely N-dealkylation sites (tertiary alicyclic amines) is 1. The summed E-state index contributed by atoms with van der Waals surface area (Å²) in [5, 5.41) is 13.0.